The van der Waals surface area contributed by atoms with Crippen LogP contribution in [0.15, 0.2) is 60.7 Å². The predicted molar refractivity (Wildman–Crippen MR) is 106 cm³/mol. The average Bonchev–Trinajstić information content (AvgIpc) is 2.99. The molecule has 2 heterocycles. The van der Waals surface area contributed by atoms with E-state index < -0.39 is 6.04 Å². The molecule has 0 aromatic heterocycles. The molecule has 2 saturated heterocycles. The molecular weight excluding hydrogens is 372 g/mol. The molecule has 1 unspecified atom stereocenters. The Hall–Kier alpha value is -3.23. The SMILES string of the molecule is O=C(CN1CCN2C(=O)N(c3ccccc3)C(=O)C2C1)NOCc1ccccc1. The van der Waals surface area contributed by atoms with E-state index in [1.165, 1.54) is 4.90 Å². The Kier molecular flexibility index (Phi) is 5.55. The number of imide groups is 1. The number of para-hydroxylation sites is 1. The standard InChI is InChI=1S/C21H22N4O4/c26-19(22-29-15-16-7-3-1-4-8-16)14-23-11-12-24-18(13-23)20(27)25(21(24)28)17-9-5-2-6-10-17/h1-10,18H,11-15H2,(H,22,26). The smallest absolute Gasteiger partial charge is 0.309 e. The summed E-state index contributed by atoms with van der Waals surface area (Å²) in [5, 5.41) is 0. The maximum Gasteiger partial charge on any atom is 0.332 e. The molecule has 150 valence electrons. The molecule has 0 bridgehead atoms. The number of nitrogens with zero attached hydrogens (tertiary/aromatic N) is 3. The second-order valence-electron chi connectivity index (χ2n) is 7.04. The molecule has 1 atom stereocenters. The molecule has 8 nitrogen and oxygen atoms in total. The van der Waals surface area contributed by atoms with Crippen LogP contribution in [0, 0.1) is 0 Å². The van der Waals surface area contributed by atoms with Crippen LogP contribution in [0.3, 0.4) is 0 Å². The fraction of sp³-hybridized carbons (Fsp3) is 0.286. The van der Waals surface area contributed by atoms with Crippen molar-refractivity contribution in [3.63, 3.8) is 0 Å². The minimum atomic E-state index is -0.575. The molecule has 2 aromatic rings. The van der Waals surface area contributed by atoms with Gasteiger partial charge in [0, 0.05) is 19.6 Å². The van der Waals surface area contributed by atoms with Gasteiger partial charge in [-0.25, -0.2) is 15.2 Å². The van der Waals surface area contributed by atoms with Crippen molar-refractivity contribution in [1.82, 2.24) is 15.3 Å². The molecule has 29 heavy (non-hydrogen) atoms. The van der Waals surface area contributed by atoms with Crippen molar-refractivity contribution in [2.75, 3.05) is 31.1 Å². The summed E-state index contributed by atoms with van der Waals surface area (Å²) in [5.74, 6) is -0.544. The predicted octanol–water partition coefficient (Wildman–Crippen LogP) is 1.39. The van der Waals surface area contributed by atoms with Gasteiger partial charge in [-0.3, -0.25) is 19.3 Å². The lowest BCUT2D eigenvalue weighted by Gasteiger charge is -2.34. The van der Waals surface area contributed by atoms with Gasteiger partial charge in [-0.15, -0.1) is 0 Å². The highest BCUT2D eigenvalue weighted by Crippen LogP contribution is 2.27. The second-order valence-corrected chi connectivity index (χ2v) is 7.04. The number of amides is 4. The van der Waals surface area contributed by atoms with E-state index in [-0.39, 0.29) is 31.0 Å². The average molecular weight is 394 g/mol. The van der Waals surface area contributed by atoms with Gasteiger partial charge in [0.2, 0.25) is 0 Å². The number of fused-ring (bicyclic) bond motifs is 1. The van der Waals surface area contributed by atoms with Crippen LogP contribution < -0.4 is 10.4 Å². The molecule has 0 radical (unpaired) electrons. The molecule has 8 heteroatoms. The van der Waals surface area contributed by atoms with Crippen molar-refractivity contribution in [2.45, 2.75) is 12.6 Å². The highest BCUT2D eigenvalue weighted by Gasteiger charge is 2.48. The lowest BCUT2D eigenvalue weighted by Crippen LogP contribution is -2.54. The van der Waals surface area contributed by atoms with Gasteiger partial charge < -0.3 is 4.90 Å². The molecule has 4 rings (SSSR count). The highest BCUT2D eigenvalue weighted by molar-refractivity contribution is 6.21. The molecule has 1 N–H and O–H groups in total. The van der Waals surface area contributed by atoms with Crippen LogP contribution in [-0.4, -0.2) is 59.9 Å². The summed E-state index contributed by atoms with van der Waals surface area (Å²) in [6, 6.07) is 17.6. The van der Waals surface area contributed by atoms with Crippen LogP contribution in [0.2, 0.25) is 0 Å². The van der Waals surface area contributed by atoms with E-state index in [9.17, 15) is 14.4 Å². The van der Waals surface area contributed by atoms with Crippen molar-refractivity contribution in [3.05, 3.63) is 66.2 Å². The van der Waals surface area contributed by atoms with E-state index >= 15 is 0 Å². The number of rotatable bonds is 6. The quantitative estimate of drug-likeness (QED) is 0.591. The zero-order valence-electron chi connectivity index (χ0n) is 15.9. The van der Waals surface area contributed by atoms with Gasteiger partial charge in [-0.1, -0.05) is 48.5 Å². The number of benzene rings is 2. The van der Waals surface area contributed by atoms with E-state index in [0.29, 0.717) is 25.3 Å². The number of anilines is 1. The maximum absolute atomic E-state index is 12.8. The lowest BCUT2D eigenvalue weighted by molar-refractivity contribution is -0.137. The van der Waals surface area contributed by atoms with E-state index in [4.69, 9.17) is 4.84 Å². The minimum absolute atomic E-state index is 0.103. The van der Waals surface area contributed by atoms with Crippen molar-refractivity contribution in [3.8, 4) is 0 Å². The van der Waals surface area contributed by atoms with E-state index in [2.05, 4.69) is 5.48 Å². The molecule has 4 amide bonds. The third kappa shape index (κ3) is 4.13. The van der Waals surface area contributed by atoms with Crippen molar-refractivity contribution in [1.29, 1.82) is 0 Å². The van der Waals surface area contributed by atoms with E-state index in [1.54, 1.807) is 29.2 Å². The van der Waals surface area contributed by atoms with Gasteiger partial charge in [-0.05, 0) is 17.7 Å². The first-order chi connectivity index (χ1) is 14.1. The topological polar surface area (TPSA) is 82.2 Å². The fourth-order valence-electron chi connectivity index (χ4n) is 3.62. The summed E-state index contributed by atoms with van der Waals surface area (Å²) in [6.07, 6.45) is 0. The normalized spacial score (nSPS) is 19.4. The molecule has 0 spiro atoms. The number of hydroxylamine groups is 1. The Balaban J connectivity index is 1.31. The molecule has 2 aliphatic rings. The fourth-order valence-corrected chi connectivity index (χ4v) is 3.62. The zero-order valence-corrected chi connectivity index (χ0v) is 15.9. The third-order valence-electron chi connectivity index (χ3n) is 5.06. The Morgan fingerprint density at radius 1 is 1.00 bits per heavy atom. The number of carbonyl (C=O) groups is 3. The van der Waals surface area contributed by atoms with Gasteiger partial charge in [-0.2, -0.15) is 0 Å². The zero-order chi connectivity index (χ0) is 20.2. The lowest BCUT2D eigenvalue weighted by atomic mass is 10.2. The van der Waals surface area contributed by atoms with Crippen LogP contribution >= 0.6 is 0 Å². The van der Waals surface area contributed by atoms with Crippen molar-refractivity contribution < 1.29 is 19.2 Å². The Bertz CT molecular complexity index is 890. The van der Waals surface area contributed by atoms with Crippen LogP contribution in [0.4, 0.5) is 10.5 Å². The number of hydrogen-bond donors (Lipinski definition) is 1. The molecule has 2 aliphatic heterocycles. The maximum atomic E-state index is 12.8. The van der Waals surface area contributed by atoms with Crippen LogP contribution in [0.5, 0.6) is 0 Å². The van der Waals surface area contributed by atoms with Crippen LogP contribution in [-0.2, 0) is 21.0 Å². The number of nitrogens with one attached hydrogen (secondary N) is 1. The number of hydrogen-bond acceptors (Lipinski definition) is 5. The molecule has 0 aliphatic carbocycles. The summed E-state index contributed by atoms with van der Waals surface area (Å²) in [5.41, 5.74) is 3.96. The molecule has 0 saturated carbocycles. The summed E-state index contributed by atoms with van der Waals surface area (Å²) in [6.45, 7) is 1.62. The second kappa shape index (κ2) is 8.42. The van der Waals surface area contributed by atoms with Gasteiger partial charge in [0.15, 0.2) is 0 Å². The number of urea groups is 1. The van der Waals surface area contributed by atoms with E-state index in [0.717, 1.165) is 5.56 Å². The van der Waals surface area contributed by atoms with Gasteiger partial charge in [0.25, 0.3) is 11.8 Å². The first kappa shape index (κ1) is 19.1. The van der Waals surface area contributed by atoms with Gasteiger partial charge in [0.05, 0.1) is 18.8 Å². The summed E-state index contributed by atoms with van der Waals surface area (Å²) >= 11 is 0. The summed E-state index contributed by atoms with van der Waals surface area (Å²) in [7, 11) is 0. The molecule has 2 fully saturated rings. The molecule has 2 aromatic carbocycles. The minimum Gasteiger partial charge on any atom is -0.309 e. The summed E-state index contributed by atoms with van der Waals surface area (Å²) in [4.78, 5) is 47.6. The van der Waals surface area contributed by atoms with E-state index in [1.807, 2.05) is 41.3 Å². The number of carbonyl (C=O) groups excluding carboxylic acids is 3. The first-order valence-corrected chi connectivity index (χ1v) is 9.50. The summed E-state index contributed by atoms with van der Waals surface area (Å²) < 4.78 is 0. The first-order valence-electron chi connectivity index (χ1n) is 9.50. The van der Waals surface area contributed by atoms with Crippen molar-refractivity contribution in [2.24, 2.45) is 0 Å². The monoisotopic (exact) mass is 394 g/mol. The van der Waals surface area contributed by atoms with Crippen LogP contribution in [0.1, 0.15) is 5.56 Å². The number of piperazine rings is 1. The van der Waals surface area contributed by atoms with Crippen LogP contribution in [0.25, 0.3) is 0 Å². The van der Waals surface area contributed by atoms with Gasteiger partial charge in [0.1, 0.15) is 6.04 Å². The van der Waals surface area contributed by atoms with Crippen molar-refractivity contribution >= 4 is 23.5 Å². The van der Waals surface area contributed by atoms with Gasteiger partial charge >= 0.3 is 6.03 Å². The molecular formula is C21H22N4O4. The Morgan fingerprint density at radius 2 is 1.69 bits per heavy atom. The third-order valence-corrected chi connectivity index (χ3v) is 5.06. The highest BCUT2D eigenvalue weighted by atomic mass is 16.6. The Labute approximate surface area is 168 Å². The Morgan fingerprint density at radius 3 is 2.41 bits per heavy atom. The largest absolute Gasteiger partial charge is 0.332 e.